The molecule has 0 heterocycles. The summed E-state index contributed by atoms with van der Waals surface area (Å²) in [6, 6.07) is 4.09. The van der Waals surface area contributed by atoms with Crippen LogP contribution in [0.25, 0.3) is 0 Å². The van der Waals surface area contributed by atoms with Gasteiger partial charge in [-0.1, -0.05) is 34.8 Å². The normalized spacial score (nSPS) is 23.6. The molecule has 0 spiro atoms. The van der Waals surface area contributed by atoms with E-state index >= 15 is 0 Å². The molecule has 1 aliphatic carbocycles. The van der Waals surface area contributed by atoms with Crippen LogP contribution < -0.4 is 5.32 Å². The number of benzene rings is 1. The Bertz CT molecular complexity index is 425. The Morgan fingerprint density at radius 1 is 1.22 bits per heavy atom. The van der Waals surface area contributed by atoms with Crippen molar-refractivity contribution < 1.29 is 0 Å². The van der Waals surface area contributed by atoms with E-state index in [0.717, 1.165) is 10.8 Å². The number of rotatable bonds is 4. The molecule has 1 saturated carbocycles. The predicted octanol–water partition coefficient (Wildman–Crippen LogP) is 5.02. The van der Waals surface area contributed by atoms with Crippen molar-refractivity contribution in [2.45, 2.75) is 37.1 Å². The van der Waals surface area contributed by atoms with E-state index < -0.39 is 0 Å². The van der Waals surface area contributed by atoms with Crippen LogP contribution in [-0.4, -0.2) is 17.5 Å². The van der Waals surface area contributed by atoms with Crippen molar-refractivity contribution >= 4 is 46.6 Å². The van der Waals surface area contributed by atoms with E-state index in [1.165, 1.54) is 19.3 Å². The molecule has 18 heavy (non-hydrogen) atoms. The van der Waals surface area contributed by atoms with Crippen LogP contribution in [-0.2, 0) is 6.54 Å². The van der Waals surface area contributed by atoms with Crippen molar-refractivity contribution in [1.82, 2.24) is 5.32 Å². The summed E-state index contributed by atoms with van der Waals surface area (Å²) in [7, 11) is 0. The molecule has 100 valence electrons. The Morgan fingerprint density at radius 3 is 2.61 bits per heavy atom. The van der Waals surface area contributed by atoms with Gasteiger partial charge in [-0.25, -0.2) is 0 Å². The van der Waals surface area contributed by atoms with Crippen LogP contribution in [0, 0.1) is 0 Å². The molecule has 2 atom stereocenters. The molecule has 2 rings (SSSR count). The monoisotopic (exact) mass is 323 g/mol. The van der Waals surface area contributed by atoms with Gasteiger partial charge in [-0.2, -0.15) is 11.8 Å². The molecule has 0 aromatic heterocycles. The van der Waals surface area contributed by atoms with Gasteiger partial charge in [0.15, 0.2) is 0 Å². The third-order valence-corrected chi connectivity index (χ3v) is 5.72. The van der Waals surface area contributed by atoms with Crippen molar-refractivity contribution in [3.8, 4) is 0 Å². The predicted molar refractivity (Wildman–Crippen MR) is 83.3 cm³/mol. The molecular formula is C13H16Cl3NS. The van der Waals surface area contributed by atoms with E-state index in [2.05, 4.69) is 11.6 Å². The lowest BCUT2D eigenvalue weighted by Gasteiger charge is -2.15. The molecule has 2 unspecified atom stereocenters. The number of halogens is 3. The van der Waals surface area contributed by atoms with Gasteiger partial charge >= 0.3 is 0 Å². The summed E-state index contributed by atoms with van der Waals surface area (Å²) in [5.41, 5.74) is 0.901. The summed E-state index contributed by atoms with van der Waals surface area (Å²) in [5, 5.41) is 6.12. The first-order chi connectivity index (χ1) is 8.61. The van der Waals surface area contributed by atoms with Crippen molar-refractivity contribution in [2.24, 2.45) is 0 Å². The van der Waals surface area contributed by atoms with Crippen LogP contribution in [0.4, 0.5) is 0 Å². The Kier molecular flexibility index (Phi) is 5.52. The second kappa shape index (κ2) is 6.71. The minimum atomic E-state index is 0.561. The molecule has 0 bridgehead atoms. The van der Waals surface area contributed by atoms with E-state index in [4.69, 9.17) is 34.8 Å². The van der Waals surface area contributed by atoms with Gasteiger partial charge in [-0.15, -0.1) is 0 Å². The Hall–Kier alpha value is 0.400. The van der Waals surface area contributed by atoms with Crippen molar-refractivity contribution in [2.75, 3.05) is 6.26 Å². The molecule has 1 aromatic rings. The fourth-order valence-electron chi connectivity index (χ4n) is 2.32. The first-order valence-electron chi connectivity index (χ1n) is 6.00. The summed E-state index contributed by atoms with van der Waals surface area (Å²) >= 11 is 20.3. The highest BCUT2D eigenvalue weighted by molar-refractivity contribution is 7.99. The summed E-state index contributed by atoms with van der Waals surface area (Å²) in [6.45, 7) is 0.685. The quantitative estimate of drug-likeness (QED) is 0.780. The lowest BCUT2D eigenvalue weighted by molar-refractivity contribution is 0.525. The lowest BCUT2D eigenvalue weighted by Crippen LogP contribution is -2.26. The Balaban J connectivity index is 1.97. The van der Waals surface area contributed by atoms with Crippen LogP contribution in [0.15, 0.2) is 12.1 Å². The maximum atomic E-state index is 6.18. The molecule has 1 aliphatic rings. The number of hydrogen-bond donors (Lipinski definition) is 1. The SMILES string of the molecule is CSC1CCC(NCc2c(Cl)ccc(Cl)c2Cl)C1. The topological polar surface area (TPSA) is 12.0 Å². The van der Waals surface area contributed by atoms with Gasteiger partial charge in [0.1, 0.15) is 0 Å². The summed E-state index contributed by atoms with van der Waals surface area (Å²) < 4.78 is 0. The Morgan fingerprint density at radius 2 is 1.94 bits per heavy atom. The number of nitrogens with one attached hydrogen (secondary N) is 1. The van der Waals surface area contributed by atoms with Gasteiger partial charge < -0.3 is 5.32 Å². The van der Waals surface area contributed by atoms with Crippen LogP contribution in [0.2, 0.25) is 15.1 Å². The molecule has 1 N–H and O–H groups in total. The van der Waals surface area contributed by atoms with Crippen LogP contribution in [0.5, 0.6) is 0 Å². The van der Waals surface area contributed by atoms with E-state index in [0.29, 0.717) is 27.7 Å². The zero-order valence-electron chi connectivity index (χ0n) is 10.2. The highest BCUT2D eigenvalue weighted by Crippen LogP contribution is 2.32. The minimum absolute atomic E-state index is 0.561. The zero-order valence-corrected chi connectivity index (χ0v) is 13.3. The molecule has 5 heteroatoms. The standard InChI is InChI=1S/C13H16Cl3NS/c1-18-9-3-2-8(6-9)17-7-10-11(14)4-5-12(15)13(10)16/h4-5,8-9,17H,2-3,6-7H2,1H3. The molecule has 1 nitrogen and oxygen atoms in total. The largest absolute Gasteiger partial charge is 0.310 e. The van der Waals surface area contributed by atoms with Gasteiger partial charge in [-0.3, -0.25) is 0 Å². The average molecular weight is 325 g/mol. The van der Waals surface area contributed by atoms with Gasteiger partial charge in [0.25, 0.3) is 0 Å². The molecule has 0 radical (unpaired) electrons. The fraction of sp³-hybridized carbons (Fsp3) is 0.538. The molecule has 0 amide bonds. The summed E-state index contributed by atoms with van der Waals surface area (Å²) in [5.74, 6) is 0. The maximum Gasteiger partial charge on any atom is 0.0652 e. The van der Waals surface area contributed by atoms with Crippen LogP contribution >= 0.6 is 46.6 Å². The summed E-state index contributed by atoms with van der Waals surface area (Å²) in [4.78, 5) is 0. The first-order valence-corrected chi connectivity index (χ1v) is 8.42. The average Bonchev–Trinajstić information content (AvgIpc) is 2.82. The van der Waals surface area contributed by atoms with Crippen molar-refractivity contribution in [1.29, 1.82) is 0 Å². The first kappa shape index (κ1) is 14.8. The van der Waals surface area contributed by atoms with Crippen molar-refractivity contribution in [3.63, 3.8) is 0 Å². The van der Waals surface area contributed by atoms with Crippen LogP contribution in [0.1, 0.15) is 24.8 Å². The van der Waals surface area contributed by atoms with Crippen molar-refractivity contribution in [3.05, 3.63) is 32.8 Å². The van der Waals surface area contributed by atoms with Gasteiger partial charge in [0.05, 0.1) is 10.0 Å². The van der Waals surface area contributed by atoms with E-state index in [9.17, 15) is 0 Å². The summed E-state index contributed by atoms with van der Waals surface area (Å²) in [6.07, 6.45) is 5.91. The van der Waals surface area contributed by atoms with E-state index in [1.54, 1.807) is 12.1 Å². The third kappa shape index (κ3) is 3.49. The fourth-order valence-corrected chi connectivity index (χ4v) is 3.79. The molecule has 0 saturated heterocycles. The second-order valence-electron chi connectivity index (χ2n) is 4.57. The smallest absolute Gasteiger partial charge is 0.0652 e. The van der Waals surface area contributed by atoms with E-state index in [-0.39, 0.29) is 0 Å². The van der Waals surface area contributed by atoms with Gasteiger partial charge in [-0.05, 0) is 37.7 Å². The Labute approximate surface area is 128 Å². The second-order valence-corrected chi connectivity index (χ2v) is 6.90. The number of hydrogen-bond acceptors (Lipinski definition) is 2. The maximum absolute atomic E-state index is 6.18. The highest BCUT2D eigenvalue weighted by Gasteiger charge is 2.23. The molecule has 0 aliphatic heterocycles. The minimum Gasteiger partial charge on any atom is -0.310 e. The molecule has 1 fully saturated rings. The van der Waals surface area contributed by atoms with E-state index in [1.807, 2.05) is 11.8 Å². The molecule has 1 aromatic carbocycles. The molecular weight excluding hydrogens is 309 g/mol. The zero-order chi connectivity index (χ0) is 13.1. The van der Waals surface area contributed by atoms with Gasteiger partial charge in [0.2, 0.25) is 0 Å². The van der Waals surface area contributed by atoms with Gasteiger partial charge in [0, 0.05) is 28.4 Å². The lowest BCUT2D eigenvalue weighted by atomic mass is 10.2. The highest BCUT2D eigenvalue weighted by atomic mass is 35.5. The third-order valence-electron chi connectivity index (χ3n) is 3.42. The van der Waals surface area contributed by atoms with Crippen LogP contribution in [0.3, 0.4) is 0 Å². The number of thioether (sulfide) groups is 1.